The summed E-state index contributed by atoms with van der Waals surface area (Å²) in [6.07, 6.45) is 2.81. The molecule has 0 saturated carbocycles. The van der Waals surface area contributed by atoms with Crippen LogP contribution in [0.1, 0.15) is 36.6 Å². The van der Waals surface area contributed by atoms with Gasteiger partial charge >= 0.3 is 0 Å². The first-order valence-electron chi connectivity index (χ1n) is 7.99. The maximum Gasteiger partial charge on any atom is 0.216 e. The second kappa shape index (κ2) is 7.19. The summed E-state index contributed by atoms with van der Waals surface area (Å²) in [4.78, 5) is 2.36. The highest BCUT2D eigenvalue weighted by Crippen LogP contribution is 2.38. The summed E-state index contributed by atoms with van der Waals surface area (Å²) in [6, 6.07) is 0.265. The molecule has 1 aromatic rings. The van der Waals surface area contributed by atoms with Gasteiger partial charge in [-0.3, -0.25) is 4.90 Å². The highest BCUT2D eigenvalue weighted by molar-refractivity contribution is 7.89. The van der Waals surface area contributed by atoms with Gasteiger partial charge in [0.05, 0.1) is 24.1 Å². The molecule has 1 aromatic heterocycles. The summed E-state index contributed by atoms with van der Waals surface area (Å²) in [6.45, 7) is 3.77. The fourth-order valence-electron chi connectivity index (χ4n) is 3.33. The number of hydrogen-bond acceptors (Lipinski definition) is 5. The van der Waals surface area contributed by atoms with Crippen LogP contribution in [0.4, 0.5) is 0 Å². The van der Waals surface area contributed by atoms with Gasteiger partial charge in [-0.15, -0.1) is 0 Å². The van der Waals surface area contributed by atoms with Gasteiger partial charge in [-0.05, 0) is 39.3 Å². The van der Waals surface area contributed by atoms with Crippen LogP contribution in [-0.4, -0.2) is 67.5 Å². The predicted molar refractivity (Wildman–Crippen MR) is 90.1 cm³/mol. The summed E-state index contributed by atoms with van der Waals surface area (Å²) in [5, 5.41) is 4.47. The lowest BCUT2D eigenvalue weighted by Gasteiger charge is -2.25. The first kappa shape index (κ1) is 18.2. The molecule has 7 nitrogen and oxygen atoms in total. The third kappa shape index (κ3) is 3.87. The molecule has 2 rings (SSSR count). The fourth-order valence-corrected chi connectivity index (χ4v) is 4.19. The van der Waals surface area contributed by atoms with Crippen LogP contribution in [0.3, 0.4) is 0 Å². The predicted octanol–water partition coefficient (Wildman–Crippen LogP) is 1.16. The van der Waals surface area contributed by atoms with Crippen LogP contribution < -0.4 is 4.74 Å². The Morgan fingerprint density at radius 2 is 2.09 bits per heavy atom. The smallest absolute Gasteiger partial charge is 0.216 e. The number of ether oxygens (including phenoxy) is 1. The summed E-state index contributed by atoms with van der Waals surface area (Å²) in [5.74, 6) is 0.993. The number of nitrogens with zero attached hydrogens (tertiary/aromatic N) is 4. The van der Waals surface area contributed by atoms with Crippen LogP contribution in [0.25, 0.3) is 0 Å². The van der Waals surface area contributed by atoms with E-state index < -0.39 is 10.0 Å². The second-order valence-corrected chi connectivity index (χ2v) is 8.58. The van der Waals surface area contributed by atoms with Crippen LogP contribution in [0.2, 0.25) is 0 Å². The third-order valence-corrected chi connectivity index (χ3v) is 6.43. The summed E-state index contributed by atoms with van der Waals surface area (Å²) >= 11 is 0. The minimum atomic E-state index is -3.12. The van der Waals surface area contributed by atoms with Crippen LogP contribution >= 0.6 is 0 Å². The minimum absolute atomic E-state index is 0.187. The van der Waals surface area contributed by atoms with Gasteiger partial charge in [0.25, 0.3) is 0 Å². The molecule has 1 atom stereocenters. The number of aromatic nitrogens is 2. The zero-order valence-corrected chi connectivity index (χ0v) is 15.6. The molecule has 0 aromatic carbocycles. The van der Waals surface area contributed by atoms with Crippen molar-refractivity contribution in [2.24, 2.45) is 7.05 Å². The Hall–Kier alpha value is -1.12. The Bertz CT molecular complexity index is 639. The molecule has 132 valence electrons. The SMILES string of the molecule is COc1c(C2CCCN2CCCS(=O)(=O)N(C)C)c(C)nn1C. The van der Waals surface area contributed by atoms with Gasteiger partial charge in [-0.1, -0.05) is 0 Å². The molecule has 1 saturated heterocycles. The molecule has 0 N–H and O–H groups in total. The van der Waals surface area contributed by atoms with Gasteiger partial charge in [0.2, 0.25) is 15.9 Å². The molecule has 2 heterocycles. The van der Waals surface area contributed by atoms with Crippen molar-refractivity contribution in [2.45, 2.75) is 32.2 Å². The van der Waals surface area contributed by atoms with Gasteiger partial charge < -0.3 is 4.74 Å². The summed E-state index contributed by atoms with van der Waals surface area (Å²) in [7, 11) is 3.60. The maximum absolute atomic E-state index is 11.9. The van der Waals surface area contributed by atoms with Crippen molar-refractivity contribution >= 4 is 10.0 Å². The molecule has 8 heteroatoms. The average Bonchev–Trinajstić information content (AvgIpc) is 3.01. The lowest BCUT2D eigenvalue weighted by molar-refractivity contribution is 0.249. The molecule has 0 spiro atoms. The van der Waals surface area contributed by atoms with Gasteiger partial charge in [-0.25, -0.2) is 17.4 Å². The first-order chi connectivity index (χ1) is 10.8. The van der Waals surface area contributed by atoms with E-state index >= 15 is 0 Å². The summed E-state index contributed by atoms with van der Waals surface area (Å²) < 4.78 is 32.4. The van der Waals surface area contributed by atoms with Gasteiger partial charge in [0.15, 0.2) is 0 Å². The number of sulfonamides is 1. The van der Waals surface area contributed by atoms with Gasteiger partial charge in [0, 0.05) is 27.2 Å². The highest BCUT2D eigenvalue weighted by Gasteiger charge is 2.32. The number of hydrogen-bond donors (Lipinski definition) is 0. The molecule has 0 bridgehead atoms. The van der Waals surface area contributed by atoms with E-state index in [9.17, 15) is 8.42 Å². The normalized spacial score (nSPS) is 19.7. The second-order valence-electron chi connectivity index (χ2n) is 6.28. The minimum Gasteiger partial charge on any atom is -0.481 e. The number of aryl methyl sites for hydroxylation is 2. The lowest BCUT2D eigenvalue weighted by Crippen LogP contribution is -2.29. The van der Waals surface area contributed by atoms with Crippen LogP contribution in [0.15, 0.2) is 0 Å². The van der Waals surface area contributed by atoms with Crippen molar-refractivity contribution in [1.29, 1.82) is 0 Å². The van der Waals surface area contributed by atoms with Crippen molar-refractivity contribution in [3.05, 3.63) is 11.3 Å². The third-order valence-electron chi connectivity index (χ3n) is 4.51. The standard InChI is InChI=1S/C15H28N4O3S/c1-12-14(15(22-5)18(4)16-12)13-8-6-9-19(13)10-7-11-23(20,21)17(2)3/h13H,6-11H2,1-5H3. The van der Waals surface area contributed by atoms with E-state index in [-0.39, 0.29) is 11.8 Å². The quantitative estimate of drug-likeness (QED) is 0.742. The van der Waals surface area contributed by atoms with E-state index in [1.807, 2.05) is 14.0 Å². The molecular formula is C15H28N4O3S. The molecule has 23 heavy (non-hydrogen) atoms. The Morgan fingerprint density at radius 1 is 1.39 bits per heavy atom. The van der Waals surface area contributed by atoms with Gasteiger partial charge in [-0.2, -0.15) is 5.10 Å². The monoisotopic (exact) mass is 344 g/mol. The number of methoxy groups -OCH3 is 1. The Morgan fingerprint density at radius 3 is 2.70 bits per heavy atom. The Balaban J connectivity index is 2.07. The van der Waals surface area contributed by atoms with Crippen LogP contribution in [-0.2, 0) is 17.1 Å². The molecule has 1 fully saturated rings. The van der Waals surface area contributed by atoms with Crippen molar-refractivity contribution in [3.8, 4) is 5.88 Å². The number of rotatable bonds is 7. The highest BCUT2D eigenvalue weighted by atomic mass is 32.2. The van der Waals surface area contributed by atoms with E-state index in [0.29, 0.717) is 6.42 Å². The average molecular weight is 344 g/mol. The van der Waals surface area contributed by atoms with Crippen molar-refractivity contribution in [1.82, 2.24) is 19.0 Å². The van der Waals surface area contributed by atoms with E-state index in [1.54, 1.807) is 25.9 Å². The topological polar surface area (TPSA) is 67.7 Å². The van der Waals surface area contributed by atoms with Crippen LogP contribution in [0, 0.1) is 6.92 Å². The van der Waals surface area contributed by atoms with E-state index in [4.69, 9.17) is 4.74 Å². The first-order valence-corrected chi connectivity index (χ1v) is 9.60. The molecular weight excluding hydrogens is 316 g/mol. The van der Waals surface area contributed by atoms with E-state index in [0.717, 1.165) is 43.1 Å². The van der Waals surface area contributed by atoms with Crippen molar-refractivity contribution in [2.75, 3.05) is 40.0 Å². The molecule has 0 aliphatic carbocycles. The Labute approximate surface area is 139 Å². The van der Waals surface area contributed by atoms with E-state index in [2.05, 4.69) is 10.00 Å². The molecule has 1 unspecified atom stereocenters. The van der Waals surface area contributed by atoms with E-state index in [1.165, 1.54) is 4.31 Å². The molecule has 1 aliphatic heterocycles. The molecule has 0 radical (unpaired) electrons. The lowest BCUT2D eigenvalue weighted by atomic mass is 10.0. The van der Waals surface area contributed by atoms with Crippen molar-refractivity contribution < 1.29 is 13.2 Å². The fraction of sp³-hybridized carbons (Fsp3) is 0.800. The summed E-state index contributed by atoms with van der Waals surface area (Å²) in [5.41, 5.74) is 2.13. The molecule has 0 amide bonds. The van der Waals surface area contributed by atoms with Crippen molar-refractivity contribution in [3.63, 3.8) is 0 Å². The number of likely N-dealkylation sites (tertiary alicyclic amines) is 1. The zero-order chi connectivity index (χ0) is 17.2. The Kier molecular flexibility index (Phi) is 5.70. The van der Waals surface area contributed by atoms with Crippen LogP contribution in [0.5, 0.6) is 5.88 Å². The largest absolute Gasteiger partial charge is 0.481 e. The molecule has 1 aliphatic rings. The van der Waals surface area contributed by atoms with Gasteiger partial charge in [0.1, 0.15) is 0 Å². The zero-order valence-electron chi connectivity index (χ0n) is 14.7. The maximum atomic E-state index is 11.9.